The second kappa shape index (κ2) is 6.33. The van der Waals surface area contributed by atoms with Crippen LogP contribution < -0.4 is 0 Å². The third-order valence-electron chi connectivity index (χ3n) is 2.13. The van der Waals surface area contributed by atoms with Gasteiger partial charge < -0.3 is 9.47 Å². The second-order valence-electron chi connectivity index (χ2n) is 3.21. The zero-order chi connectivity index (χ0) is 11.3. The Bertz CT molecular complexity index is 295. The fourth-order valence-corrected chi connectivity index (χ4v) is 1.95. The Morgan fingerprint density at radius 1 is 1.13 bits per heavy atom. The van der Waals surface area contributed by atoms with E-state index < -0.39 is 0 Å². The lowest BCUT2D eigenvalue weighted by Gasteiger charge is -2.15. The van der Waals surface area contributed by atoms with Crippen LogP contribution in [0.4, 0.5) is 0 Å². The molecule has 0 bridgehead atoms. The van der Waals surface area contributed by atoms with Gasteiger partial charge >= 0.3 is 0 Å². The summed E-state index contributed by atoms with van der Waals surface area (Å²) < 4.78 is 10.4. The van der Waals surface area contributed by atoms with Gasteiger partial charge in [-0.15, -0.1) is 0 Å². The van der Waals surface area contributed by atoms with Crippen molar-refractivity contribution in [2.24, 2.45) is 0 Å². The molecular weight excluding hydrogens is 235 g/mol. The molecule has 1 atom stereocenters. The van der Waals surface area contributed by atoms with Gasteiger partial charge in [-0.1, -0.05) is 23.2 Å². The lowest BCUT2D eigenvalue weighted by atomic mass is 10.1. The Hall–Kier alpha value is -0.280. The molecule has 0 saturated heterocycles. The van der Waals surface area contributed by atoms with Gasteiger partial charge in [0, 0.05) is 37.3 Å². The zero-order valence-corrected chi connectivity index (χ0v) is 10.3. The minimum absolute atomic E-state index is 0.0267. The van der Waals surface area contributed by atoms with E-state index in [1.54, 1.807) is 20.3 Å². The molecule has 0 aliphatic heterocycles. The first-order valence-corrected chi connectivity index (χ1v) is 5.40. The van der Waals surface area contributed by atoms with Gasteiger partial charge in [0.25, 0.3) is 0 Å². The lowest BCUT2D eigenvalue weighted by Crippen LogP contribution is -2.05. The number of hydrogen-bond donors (Lipinski definition) is 0. The first kappa shape index (κ1) is 12.8. The zero-order valence-electron chi connectivity index (χ0n) is 8.80. The topological polar surface area (TPSA) is 18.5 Å². The molecule has 15 heavy (non-hydrogen) atoms. The molecule has 1 unspecified atom stereocenters. The molecule has 0 fully saturated rings. The van der Waals surface area contributed by atoms with Gasteiger partial charge in [-0.25, -0.2) is 0 Å². The van der Waals surface area contributed by atoms with E-state index >= 15 is 0 Å². The standard InChI is InChI=1S/C11H14Cl2O2/c1-14-4-3-11(15-2)8-5-9(12)7-10(13)6-8/h5-7,11H,3-4H2,1-2H3. The van der Waals surface area contributed by atoms with Crippen LogP contribution in [0.25, 0.3) is 0 Å². The Labute approximate surface area is 100 Å². The third kappa shape index (κ3) is 3.99. The molecule has 1 aromatic carbocycles. The number of methoxy groups -OCH3 is 2. The van der Waals surface area contributed by atoms with Gasteiger partial charge in [0.2, 0.25) is 0 Å². The average Bonchev–Trinajstić information content (AvgIpc) is 2.17. The van der Waals surface area contributed by atoms with Crippen LogP contribution in [0.1, 0.15) is 18.1 Å². The minimum atomic E-state index is -0.0267. The van der Waals surface area contributed by atoms with Crippen LogP contribution in [-0.2, 0) is 9.47 Å². The summed E-state index contributed by atoms with van der Waals surface area (Å²) in [7, 11) is 3.33. The van der Waals surface area contributed by atoms with Crippen LogP contribution in [-0.4, -0.2) is 20.8 Å². The van der Waals surface area contributed by atoms with Crippen molar-refractivity contribution in [2.45, 2.75) is 12.5 Å². The monoisotopic (exact) mass is 248 g/mol. The summed E-state index contributed by atoms with van der Waals surface area (Å²) in [6, 6.07) is 5.42. The molecule has 0 spiro atoms. The molecule has 0 radical (unpaired) electrons. The highest BCUT2D eigenvalue weighted by molar-refractivity contribution is 6.34. The Kier molecular flexibility index (Phi) is 5.40. The normalized spacial score (nSPS) is 12.8. The summed E-state index contributed by atoms with van der Waals surface area (Å²) in [6.07, 6.45) is 0.755. The van der Waals surface area contributed by atoms with Gasteiger partial charge in [0.15, 0.2) is 0 Å². The average molecular weight is 249 g/mol. The van der Waals surface area contributed by atoms with Crippen molar-refractivity contribution in [3.8, 4) is 0 Å². The first-order chi connectivity index (χ1) is 7.17. The smallest absolute Gasteiger partial charge is 0.0844 e. The van der Waals surface area contributed by atoms with Crippen LogP contribution in [0, 0.1) is 0 Å². The molecule has 0 amide bonds. The molecule has 0 saturated carbocycles. The number of hydrogen-bond acceptors (Lipinski definition) is 2. The molecule has 0 heterocycles. The quantitative estimate of drug-likeness (QED) is 0.791. The van der Waals surface area contributed by atoms with Crippen LogP contribution in [0.2, 0.25) is 10.0 Å². The maximum Gasteiger partial charge on any atom is 0.0844 e. The van der Waals surface area contributed by atoms with Crippen LogP contribution >= 0.6 is 23.2 Å². The maximum atomic E-state index is 5.91. The molecule has 0 aromatic heterocycles. The number of ether oxygens (including phenoxy) is 2. The Morgan fingerprint density at radius 3 is 2.20 bits per heavy atom. The molecule has 1 rings (SSSR count). The number of halogens is 2. The van der Waals surface area contributed by atoms with E-state index in [0.717, 1.165) is 12.0 Å². The highest BCUT2D eigenvalue weighted by atomic mass is 35.5. The maximum absolute atomic E-state index is 5.91. The van der Waals surface area contributed by atoms with Crippen molar-refractivity contribution in [1.82, 2.24) is 0 Å². The Balaban J connectivity index is 2.81. The predicted octanol–water partition coefficient (Wildman–Crippen LogP) is 3.72. The SMILES string of the molecule is COCCC(OC)c1cc(Cl)cc(Cl)c1. The number of benzene rings is 1. The number of rotatable bonds is 5. The minimum Gasteiger partial charge on any atom is -0.385 e. The molecule has 0 aliphatic rings. The molecule has 4 heteroatoms. The molecule has 0 aliphatic carbocycles. The van der Waals surface area contributed by atoms with E-state index in [-0.39, 0.29) is 6.10 Å². The molecule has 2 nitrogen and oxygen atoms in total. The predicted molar refractivity (Wildman–Crippen MR) is 62.7 cm³/mol. The lowest BCUT2D eigenvalue weighted by molar-refractivity contribution is 0.0662. The van der Waals surface area contributed by atoms with Gasteiger partial charge in [-0.3, -0.25) is 0 Å². The molecule has 1 aromatic rings. The van der Waals surface area contributed by atoms with E-state index in [9.17, 15) is 0 Å². The summed E-state index contributed by atoms with van der Waals surface area (Å²) in [5.41, 5.74) is 0.979. The van der Waals surface area contributed by atoms with Gasteiger partial charge in [-0.2, -0.15) is 0 Å². The van der Waals surface area contributed by atoms with Gasteiger partial charge in [-0.05, 0) is 23.8 Å². The van der Waals surface area contributed by atoms with Crippen molar-refractivity contribution in [3.63, 3.8) is 0 Å². The summed E-state index contributed by atoms with van der Waals surface area (Å²) >= 11 is 11.8. The van der Waals surface area contributed by atoms with Crippen molar-refractivity contribution in [3.05, 3.63) is 33.8 Å². The van der Waals surface area contributed by atoms with Crippen molar-refractivity contribution < 1.29 is 9.47 Å². The van der Waals surface area contributed by atoms with Gasteiger partial charge in [0.1, 0.15) is 0 Å². The highest BCUT2D eigenvalue weighted by Gasteiger charge is 2.11. The molecule has 0 N–H and O–H groups in total. The summed E-state index contributed by atoms with van der Waals surface area (Å²) in [5.74, 6) is 0. The van der Waals surface area contributed by atoms with E-state index in [1.165, 1.54) is 0 Å². The van der Waals surface area contributed by atoms with Crippen molar-refractivity contribution >= 4 is 23.2 Å². The third-order valence-corrected chi connectivity index (χ3v) is 2.56. The first-order valence-electron chi connectivity index (χ1n) is 4.65. The van der Waals surface area contributed by atoms with Crippen LogP contribution in [0.3, 0.4) is 0 Å². The van der Waals surface area contributed by atoms with Crippen molar-refractivity contribution in [1.29, 1.82) is 0 Å². The summed E-state index contributed by atoms with van der Waals surface area (Å²) in [6.45, 7) is 0.642. The van der Waals surface area contributed by atoms with E-state index in [0.29, 0.717) is 16.7 Å². The summed E-state index contributed by atoms with van der Waals surface area (Å²) in [5, 5.41) is 1.24. The van der Waals surface area contributed by atoms with Crippen LogP contribution in [0.5, 0.6) is 0 Å². The highest BCUT2D eigenvalue weighted by Crippen LogP contribution is 2.27. The van der Waals surface area contributed by atoms with Gasteiger partial charge in [0.05, 0.1) is 6.10 Å². The van der Waals surface area contributed by atoms with E-state index in [2.05, 4.69) is 0 Å². The molecule has 84 valence electrons. The molecular formula is C11H14Cl2O2. The Morgan fingerprint density at radius 2 is 1.73 bits per heavy atom. The van der Waals surface area contributed by atoms with E-state index in [4.69, 9.17) is 32.7 Å². The largest absolute Gasteiger partial charge is 0.385 e. The van der Waals surface area contributed by atoms with E-state index in [1.807, 2.05) is 12.1 Å². The van der Waals surface area contributed by atoms with Crippen LogP contribution in [0.15, 0.2) is 18.2 Å². The fraction of sp³-hybridized carbons (Fsp3) is 0.455. The van der Waals surface area contributed by atoms with Crippen molar-refractivity contribution in [2.75, 3.05) is 20.8 Å². The second-order valence-corrected chi connectivity index (χ2v) is 4.08. The fourth-order valence-electron chi connectivity index (χ4n) is 1.41. The summed E-state index contributed by atoms with van der Waals surface area (Å²) in [4.78, 5) is 0.